The standard InChI is InChI=1S/C24H18N4O2/c1-15-7-11-17(12-8-15)22-25-23(30-27-22)21-19-5-3-4-6-20(19)24(29)28(26-21)18-13-9-16(2)10-14-18/h3-14H,1-2H3. The Hall–Kier alpha value is -4.06. The van der Waals surface area contributed by atoms with Crippen LogP contribution in [0.3, 0.4) is 0 Å². The van der Waals surface area contributed by atoms with Gasteiger partial charge in [0, 0.05) is 10.9 Å². The lowest BCUT2D eigenvalue weighted by molar-refractivity contribution is 0.430. The number of benzene rings is 3. The van der Waals surface area contributed by atoms with E-state index < -0.39 is 0 Å². The molecule has 0 saturated carbocycles. The van der Waals surface area contributed by atoms with Crippen LogP contribution in [-0.4, -0.2) is 19.9 Å². The molecular weight excluding hydrogens is 376 g/mol. The van der Waals surface area contributed by atoms with Gasteiger partial charge in [-0.2, -0.15) is 14.8 Å². The highest BCUT2D eigenvalue weighted by atomic mass is 16.5. The van der Waals surface area contributed by atoms with Crippen LogP contribution >= 0.6 is 0 Å². The molecule has 0 radical (unpaired) electrons. The fourth-order valence-corrected chi connectivity index (χ4v) is 3.35. The van der Waals surface area contributed by atoms with Crippen molar-refractivity contribution in [2.24, 2.45) is 0 Å². The second kappa shape index (κ2) is 7.08. The Kier molecular flexibility index (Phi) is 4.25. The number of aromatic nitrogens is 4. The number of aryl methyl sites for hydroxylation is 2. The van der Waals surface area contributed by atoms with E-state index in [4.69, 9.17) is 4.52 Å². The molecule has 6 heteroatoms. The van der Waals surface area contributed by atoms with Gasteiger partial charge in [-0.05, 0) is 32.0 Å². The molecule has 3 aromatic carbocycles. The van der Waals surface area contributed by atoms with Crippen LogP contribution < -0.4 is 5.56 Å². The zero-order valence-corrected chi connectivity index (χ0v) is 16.5. The van der Waals surface area contributed by atoms with Gasteiger partial charge in [0.1, 0.15) is 0 Å². The summed E-state index contributed by atoms with van der Waals surface area (Å²) in [5.41, 5.74) is 4.06. The Labute approximate surface area is 172 Å². The Morgan fingerprint density at radius 2 is 1.43 bits per heavy atom. The van der Waals surface area contributed by atoms with Crippen molar-refractivity contribution in [3.63, 3.8) is 0 Å². The molecule has 6 nitrogen and oxygen atoms in total. The number of fused-ring (bicyclic) bond motifs is 1. The minimum absolute atomic E-state index is 0.198. The molecule has 0 bridgehead atoms. The maximum absolute atomic E-state index is 13.1. The van der Waals surface area contributed by atoms with E-state index in [1.165, 1.54) is 4.68 Å². The van der Waals surface area contributed by atoms with Crippen LogP contribution in [0.15, 0.2) is 82.1 Å². The van der Waals surface area contributed by atoms with Crippen molar-refractivity contribution in [3.8, 4) is 28.7 Å². The minimum Gasteiger partial charge on any atom is -0.332 e. The Morgan fingerprint density at radius 1 is 0.800 bits per heavy atom. The molecule has 0 N–H and O–H groups in total. The Bertz CT molecular complexity index is 1410. The third-order valence-electron chi connectivity index (χ3n) is 5.02. The second-order valence-corrected chi connectivity index (χ2v) is 7.24. The van der Waals surface area contributed by atoms with Crippen molar-refractivity contribution in [3.05, 3.63) is 94.3 Å². The first-order valence-electron chi connectivity index (χ1n) is 9.60. The highest BCUT2D eigenvalue weighted by Gasteiger charge is 2.19. The van der Waals surface area contributed by atoms with Crippen molar-refractivity contribution < 1.29 is 4.52 Å². The molecule has 2 aromatic heterocycles. The molecule has 0 aliphatic rings. The molecule has 0 fully saturated rings. The number of nitrogens with zero attached hydrogens (tertiary/aromatic N) is 4. The van der Waals surface area contributed by atoms with Crippen LogP contribution in [0.25, 0.3) is 39.4 Å². The van der Waals surface area contributed by atoms with Crippen molar-refractivity contribution in [2.45, 2.75) is 13.8 Å². The first-order chi connectivity index (χ1) is 14.6. The van der Waals surface area contributed by atoms with Gasteiger partial charge in [-0.25, -0.2) is 0 Å². The quantitative estimate of drug-likeness (QED) is 0.443. The van der Waals surface area contributed by atoms with E-state index in [0.717, 1.165) is 16.7 Å². The maximum atomic E-state index is 13.1. The number of hydrogen-bond acceptors (Lipinski definition) is 5. The van der Waals surface area contributed by atoms with Crippen LogP contribution in [0.4, 0.5) is 0 Å². The highest BCUT2D eigenvalue weighted by molar-refractivity contribution is 5.92. The van der Waals surface area contributed by atoms with Crippen molar-refractivity contribution in [2.75, 3.05) is 0 Å². The minimum atomic E-state index is -0.198. The summed E-state index contributed by atoms with van der Waals surface area (Å²) in [6, 6.07) is 22.8. The van der Waals surface area contributed by atoms with E-state index >= 15 is 0 Å². The summed E-state index contributed by atoms with van der Waals surface area (Å²) in [5.74, 6) is 0.742. The average molecular weight is 394 g/mol. The van der Waals surface area contributed by atoms with Crippen LogP contribution in [-0.2, 0) is 0 Å². The molecule has 0 aliphatic heterocycles. The fraction of sp³-hybridized carbons (Fsp3) is 0.0833. The lowest BCUT2D eigenvalue weighted by Crippen LogP contribution is -2.22. The predicted octanol–water partition coefficient (Wildman–Crippen LogP) is 4.72. The summed E-state index contributed by atoms with van der Waals surface area (Å²) < 4.78 is 6.94. The summed E-state index contributed by atoms with van der Waals surface area (Å²) in [4.78, 5) is 17.6. The van der Waals surface area contributed by atoms with Crippen LogP contribution in [0.1, 0.15) is 11.1 Å². The second-order valence-electron chi connectivity index (χ2n) is 7.24. The van der Waals surface area contributed by atoms with E-state index in [1.54, 1.807) is 6.07 Å². The van der Waals surface area contributed by atoms with Gasteiger partial charge in [-0.3, -0.25) is 4.79 Å². The first kappa shape index (κ1) is 18.0. The lowest BCUT2D eigenvalue weighted by atomic mass is 10.1. The number of rotatable bonds is 3. The van der Waals surface area contributed by atoms with E-state index in [2.05, 4.69) is 15.2 Å². The van der Waals surface area contributed by atoms with E-state index in [1.807, 2.05) is 80.6 Å². The molecule has 0 saturated heterocycles. The molecule has 0 aliphatic carbocycles. The molecule has 0 atom stereocenters. The van der Waals surface area contributed by atoms with Crippen LogP contribution in [0.5, 0.6) is 0 Å². The monoisotopic (exact) mass is 394 g/mol. The summed E-state index contributed by atoms with van der Waals surface area (Å²) in [7, 11) is 0. The first-order valence-corrected chi connectivity index (χ1v) is 9.60. The normalized spacial score (nSPS) is 11.1. The largest absolute Gasteiger partial charge is 0.332 e. The number of hydrogen-bond donors (Lipinski definition) is 0. The smallest absolute Gasteiger partial charge is 0.279 e. The topological polar surface area (TPSA) is 73.8 Å². The summed E-state index contributed by atoms with van der Waals surface area (Å²) in [6.45, 7) is 4.02. The molecular formula is C24H18N4O2. The molecule has 5 rings (SSSR count). The van der Waals surface area contributed by atoms with E-state index in [-0.39, 0.29) is 11.4 Å². The average Bonchev–Trinajstić information content (AvgIpc) is 3.25. The van der Waals surface area contributed by atoms with Gasteiger partial charge in [0.15, 0.2) is 5.69 Å². The third-order valence-corrected chi connectivity index (χ3v) is 5.02. The lowest BCUT2D eigenvalue weighted by Gasteiger charge is -2.09. The highest BCUT2D eigenvalue weighted by Crippen LogP contribution is 2.26. The van der Waals surface area contributed by atoms with E-state index in [0.29, 0.717) is 28.0 Å². The SMILES string of the molecule is Cc1ccc(-c2noc(-c3nn(-c4ccc(C)cc4)c(=O)c4ccccc34)n2)cc1. The van der Waals surface area contributed by atoms with Gasteiger partial charge in [-0.15, -0.1) is 0 Å². The fourth-order valence-electron chi connectivity index (χ4n) is 3.35. The predicted molar refractivity (Wildman–Crippen MR) is 116 cm³/mol. The molecule has 30 heavy (non-hydrogen) atoms. The third kappa shape index (κ3) is 3.08. The molecule has 146 valence electrons. The molecule has 0 amide bonds. The van der Waals surface area contributed by atoms with Crippen LogP contribution in [0.2, 0.25) is 0 Å². The molecule has 0 spiro atoms. The summed E-state index contributed by atoms with van der Waals surface area (Å²) >= 11 is 0. The van der Waals surface area contributed by atoms with Gasteiger partial charge in [0.05, 0.1) is 11.1 Å². The Balaban J connectivity index is 1.71. The van der Waals surface area contributed by atoms with E-state index in [9.17, 15) is 4.79 Å². The van der Waals surface area contributed by atoms with Gasteiger partial charge in [0.25, 0.3) is 11.4 Å². The summed E-state index contributed by atoms with van der Waals surface area (Å²) in [5, 5.41) is 9.93. The zero-order valence-electron chi connectivity index (χ0n) is 16.5. The van der Waals surface area contributed by atoms with Crippen molar-refractivity contribution >= 4 is 10.8 Å². The zero-order chi connectivity index (χ0) is 20.7. The molecule has 2 heterocycles. The maximum Gasteiger partial charge on any atom is 0.279 e. The molecule has 5 aromatic rings. The van der Waals surface area contributed by atoms with Gasteiger partial charge >= 0.3 is 0 Å². The van der Waals surface area contributed by atoms with Crippen LogP contribution in [0, 0.1) is 13.8 Å². The van der Waals surface area contributed by atoms with Gasteiger partial charge in [-0.1, -0.05) is 70.9 Å². The van der Waals surface area contributed by atoms with Gasteiger partial charge in [0.2, 0.25) is 5.82 Å². The Morgan fingerprint density at radius 3 is 2.13 bits per heavy atom. The van der Waals surface area contributed by atoms with Gasteiger partial charge < -0.3 is 4.52 Å². The van der Waals surface area contributed by atoms with Crippen molar-refractivity contribution in [1.29, 1.82) is 0 Å². The molecule has 0 unspecified atom stereocenters. The van der Waals surface area contributed by atoms with Crippen molar-refractivity contribution in [1.82, 2.24) is 19.9 Å². The summed E-state index contributed by atoms with van der Waals surface area (Å²) in [6.07, 6.45) is 0.